The number of furan rings is 2. The zero-order valence-corrected chi connectivity index (χ0v) is 43.8. The Morgan fingerprint density at radius 3 is 1.31 bits per heavy atom. The van der Waals surface area contributed by atoms with Gasteiger partial charge in [0.15, 0.2) is 11.2 Å². The predicted octanol–water partition coefficient (Wildman–Crippen LogP) is 20.8. The minimum atomic E-state index is -0.396. The van der Waals surface area contributed by atoms with Crippen molar-refractivity contribution in [3.05, 3.63) is 229 Å². The van der Waals surface area contributed by atoms with Crippen LogP contribution in [0.4, 0.5) is 34.1 Å². The highest BCUT2D eigenvalue weighted by atomic mass is 16.3. The normalized spacial score (nSPS) is 13.4. The Hall–Kier alpha value is -8.60. The van der Waals surface area contributed by atoms with Crippen LogP contribution < -0.4 is 9.80 Å². The lowest BCUT2D eigenvalue weighted by Gasteiger charge is -2.30. The van der Waals surface area contributed by atoms with E-state index in [-0.39, 0.29) is 10.8 Å². The summed E-state index contributed by atoms with van der Waals surface area (Å²) in [6.07, 6.45) is 0. The summed E-state index contributed by atoms with van der Waals surface area (Å²) in [5.41, 5.74) is 17.1. The van der Waals surface area contributed by atoms with E-state index in [2.05, 4.69) is 271 Å². The molecule has 75 heavy (non-hydrogen) atoms. The van der Waals surface area contributed by atoms with Crippen molar-refractivity contribution in [2.45, 2.75) is 71.6 Å². The number of para-hydroxylation sites is 6. The van der Waals surface area contributed by atoms with Gasteiger partial charge < -0.3 is 18.6 Å². The molecule has 0 atom stereocenters. The Kier molecular flexibility index (Phi) is 9.73. The van der Waals surface area contributed by atoms with Crippen LogP contribution in [-0.2, 0) is 16.2 Å². The number of anilines is 6. The maximum Gasteiger partial charge on any atom is 0.159 e. The van der Waals surface area contributed by atoms with E-state index < -0.39 is 5.41 Å². The predicted molar refractivity (Wildman–Crippen MR) is 318 cm³/mol. The standard InChI is InChI=1S/C71H58N2O2/c1-69(2,3)56-35-19-31-51-53-33-21-37-59(67(53)74-65(51)56)72(43-23-11-9-12-24-43)45-39-40-50-55(41-45)46-27-15-17-29-48(46)63-62-49-30-18-16-28-47(49)61(42-58(62)71(7,8)64(50)63)73(44-25-13-10-14-26-44)60-38-22-34-54-52-32-20-36-57(70(4,5)6)66(52)75-68(54)60/h9-42H,1-8H3. The first kappa shape index (κ1) is 45.0. The number of hydrogen-bond acceptors (Lipinski definition) is 4. The van der Waals surface area contributed by atoms with E-state index >= 15 is 0 Å². The van der Waals surface area contributed by atoms with Crippen LogP contribution in [0.3, 0.4) is 0 Å². The number of fused-ring (bicyclic) bond motifs is 16. The number of hydrogen-bond donors (Lipinski definition) is 0. The van der Waals surface area contributed by atoms with E-state index in [1.54, 1.807) is 0 Å². The Labute approximate surface area is 438 Å². The third kappa shape index (κ3) is 6.68. The van der Waals surface area contributed by atoms with Gasteiger partial charge in [-0.25, -0.2) is 0 Å². The van der Waals surface area contributed by atoms with Gasteiger partial charge in [0.1, 0.15) is 11.2 Å². The fourth-order valence-corrected chi connectivity index (χ4v) is 12.8. The van der Waals surface area contributed by atoms with Crippen LogP contribution in [0.15, 0.2) is 215 Å². The molecule has 0 N–H and O–H groups in total. The van der Waals surface area contributed by atoms with Gasteiger partial charge in [0, 0.05) is 60.5 Å². The van der Waals surface area contributed by atoms with Gasteiger partial charge in [-0.1, -0.05) is 207 Å². The zero-order chi connectivity index (χ0) is 51.1. The van der Waals surface area contributed by atoms with Gasteiger partial charge >= 0.3 is 0 Å². The lowest BCUT2D eigenvalue weighted by molar-refractivity contribution is 0.572. The summed E-state index contributed by atoms with van der Waals surface area (Å²) in [6, 6.07) is 75.7. The SMILES string of the molecule is CC(C)(C)c1cccc2c1oc1c(N(c3ccccc3)c3ccc4c5c(c6ccccc6c4c3)-c3c(cc(N(c4ccccc4)c4cccc6c4oc4c(C(C)(C)C)cccc46)c4ccccc34)C5(C)C)cccc12. The summed E-state index contributed by atoms with van der Waals surface area (Å²) in [7, 11) is 0. The monoisotopic (exact) mass is 970 g/mol. The van der Waals surface area contributed by atoms with E-state index in [0.29, 0.717) is 0 Å². The van der Waals surface area contributed by atoms with Crippen molar-refractivity contribution in [3.8, 4) is 11.1 Å². The molecule has 0 spiro atoms. The summed E-state index contributed by atoms with van der Waals surface area (Å²) in [5, 5.41) is 11.9. The molecule has 0 amide bonds. The molecule has 1 aliphatic rings. The highest BCUT2D eigenvalue weighted by molar-refractivity contribution is 6.24. The summed E-state index contributed by atoms with van der Waals surface area (Å²) in [6.45, 7) is 18.4. The first-order valence-electron chi connectivity index (χ1n) is 26.4. The highest BCUT2D eigenvalue weighted by Crippen LogP contribution is 2.59. The van der Waals surface area contributed by atoms with Crippen molar-refractivity contribution in [2.24, 2.45) is 0 Å². The van der Waals surface area contributed by atoms with Gasteiger partial charge in [0.05, 0.1) is 17.1 Å². The Morgan fingerprint density at radius 1 is 0.320 bits per heavy atom. The van der Waals surface area contributed by atoms with Gasteiger partial charge in [0.2, 0.25) is 0 Å². The molecule has 0 bridgehead atoms. The first-order valence-corrected chi connectivity index (χ1v) is 26.4. The van der Waals surface area contributed by atoms with Crippen molar-refractivity contribution in [2.75, 3.05) is 9.80 Å². The lowest BCUT2D eigenvalue weighted by Crippen LogP contribution is -2.17. The molecule has 0 saturated carbocycles. The second-order valence-electron chi connectivity index (χ2n) is 23.2. The fourth-order valence-electron chi connectivity index (χ4n) is 12.8. The van der Waals surface area contributed by atoms with Gasteiger partial charge in [-0.15, -0.1) is 0 Å². The number of rotatable bonds is 6. The summed E-state index contributed by atoms with van der Waals surface area (Å²) < 4.78 is 14.2. The van der Waals surface area contributed by atoms with Crippen molar-refractivity contribution >= 4 is 110 Å². The maximum atomic E-state index is 7.14. The molecule has 0 fully saturated rings. The Balaban J connectivity index is 1.01. The van der Waals surface area contributed by atoms with Crippen LogP contribution in [0.25, 0.3) is 87.3 Å². The highest BCUT2D eigenvalue weighted by Gasteiger charge is 2.41. The molecule has 1 aliphatic carbocycles. The molecule has 0 radical (unpaired) electrons. The summed E-state index contributed by atoms with van der Waals surface area (Å²) >= 11 is 0. The molecule has 0 aliphatic heterocycles. The average molecular weight is 971 g/mol. The Bertz CT molecular complexity index is 4470. The molecule has 11 aromatic carbocycles. The third-order valence-electron chi connectivity index (χ3n) is 16.2. The van der Waals surface area contributed by atoms with Crippen LogP contribution >= 0.6 is 0 Å². The second kappa shape index (κ2) is 16.2. The van der Waals surface area contributed by atoms with E-state index in [9.17, 15) is 0 Å². The van der Waals surface area contributed by atoms with Crippen LogP contribution in [0, 0.1) is 0 Å². The smallest absolute Gasteiger partial charge is 0.159 e. The fraction of sp³-hybridized carbons (Fsp3) is 0.155. The van der Waals surface area contributed by atoms with Crippen molar-refractivity contribution < 1.29 is 8.83 Å². The molecular formula is C71H58N2O2. The molecule has 364 valence electrons. The Morgan fingerprint density at radius 2 is 0.760 bits per heavy atom. The molecular weight excluding hydrogens is 913 g/mol. The van der Waals surface area contributed by atoms with Gasteiger partial charge in [0.25, 0.3) is 0 Å². The average Bonchev–Trinajstić information content (AvgIpc) is 4.30. The number of nitrogens with zero attached hydrogens (tertiary/aromatic N) is 2. The van der Waals surface area contributed by atoms with Gasteiger partial charge in [-0.2, -0.15) is 0 Å². The van der Waals surface area contributed by atoms with E-state index in [1.807, 2.05) is 0 Å². The maximum absolute atomic E-state index is 7.14. The van der Waals surface area contributed by atoms with Crippen LogP contribution in [0.2, 0.25) is 0 Å². The molecule has 13 aromatic rings. The lowest BCUT2D eigenvalue weighted by atomic mass is 9.79. The van der Waals surface area contributed by atoms with Crippen LogP contribution in [-0.4, -0.2) is 0 Å². The van der Waals surface area contributed by atoms with Gasteiger partial charge in [-0.3, -0.25) is 0 Å². The quantitative estimate of drug-likeness (QED) is 0.155. The largest absolute Gasteiger partial charge is 0.454 e. The van der Waals surface area contributed by atoms with Crippen LogP contribution in [0.5, 0.6) is 0 Å². The first-order chi connectivity index (χ1) is 36.3. The molecule has 2 heterocycles. The zero-order valence-electron chi connectivity index (χ0n) is 43.8. The third-order valence-corrected chi connectivity index (χ3v) is 16.2. The van der Waals surface area contributed by atoms with Crippen molar-refractivity contribution in [1.82, 2.24) is 0 Å². The van der Waals surface area contributed by atoms with E-state index in [1.165, 1.54) is 65.7 Å². The van der Waals surface area contributed by atoms with Crippen LogP contribution in [0.1, 0.15) is 77.6 Å². The molecule has 0 unspecified atom stereocenters. The summed E-state index contributed by atoms with van der Waals surface area (Å²) in [4.78, 5) is 4.82. The number of benzene rings is 11. The molecule has 0 saturated heterocycles. The molecule has 4 nitrogen and oxygen atoms in total. The van der Waals surface area contributed by atoms with Crippen molar-refractivity contribution in [3.63, 3.8) is 0 Å². The second-order valence-corrected chi connectivity index (χ2v) is 23.2. The van der Waals surface area contributed by atoms with Crippen molar-refractivity contribution in [1.29, 1.82) is 0 Å². The molecule has 4 heteroatoms. The summed E-state index contributed by atoms with van der Waals surface area (Å²) in [5.74, 6) is 0. The minimum Gasteiger partial charge on any atom is -0.454 e. The molecule has 2 aromatic heterocycles. The minimum absolute atomic E-state index is 0.0875. The van der Waals surface area contributed by atoms with E-state index in [0.717, 1.165) is 78.0 Å². The molecule has 14 rings (SSSR count). The topological polar surface area (TPSA) is 32.8 Å². The van der Waals surface area contributed by atoms with E-state index in [4.69, 9.17) is 8.83 Å². The van der Waals surface area contributed by atoms with Gasteiger partial charge in [-0.05, 0) is 115 Å².